The first-order valence-corrected chi connectivity index (χ1v) is 4.42. The minimum Gasteiger partial charge on any atom is -0.497 e. The minimum absolute atomic E-state index is 0.789. The van der Waals surface area contributed by atoms with E-state index >= 15 is 0 Å². The fourth-order valence-electron chi connectivity index (χ4n) is 1.40. The van der Waals surface area contributed by atoms with Crippen LogP contribution in [-0.4, -0.2) is 12.1 Å². The Balaban J connectivity index is 2.73. The van der Waals surface area contributed by atoms with Crippen molar-refractivity contribution in [1.82, 2.24) is 4.98 Å². The summed E-state index contributed by atoms with van der Waals surface area (Å²) in [4.78, 5) is 3.19. The van der Waals surface area contributed by atoms with E-state index < -0.39 is 0 Å². The van der Waals surface area contributed by atoms with E-state index in [0.29, 0.717) is 0 Å². The maximum atomic E-state index is 6.07. The number of halogens is 1. The molecule has 0 unspecified atom stereocenters. The fourth-order valence-corrected chi connectivity index (χ4v) is 1.62. The molecule has 2 rings (SSSR count). The summed E-state index contributed by atoms with van der Waals surface area (Å²) in [6, 6.07) is 5.80. The first-order chi connectivity index (χ1) is 6.22. The topological polar surface area (TPSA) is 25.0 Å². The molecular formula is C10H10ClNO. The normalized spacial score (nSPS) is 10.7. The van der Waals surface area contributed by atoms with Crippen LogP contribution in [0, 0.1) is 6.92 Å². The molecule has 0 aliphatic carbocycles. The van der Waals surface area contributed by atoms with E-state index in [0.717, 1.165) is 27.4 Å². The van der Waals surface area contributed by atoms with Gasteiger partial charge in [0.1, 0.15) is 5.75 Å². The van der Waals surface area contributed by atoms with Gasteiger partial charge < -0.3 is 9.72 Å². The van der Waals surface area contributed by atoms with Crippen LogP contribution in [0.3, 0.4) is 0 Å². The number of benzene rings is 1. The van der Waals surface area contributed by atoms with E-state index in [1.165, 1.54) is 0 Å². The summed E-state index contributed by atoms with van der Waals surface area (Å²) in [6.45, 7) is 1.95. The van der Waals surface area contributed by atoms with E-state index in [1.54, 1.807) is 7.11 Å². The van der Waals surface area contributed by atoms with Gasteiger partial charge in [-0.05, 0) is 19.1 Å². The Morgan fingerprint density at radius 3 is 2.85 bits per heavy atom. The molecule has 0 spiro atoms. The van der Waals surface area contributed by atoms with Crippen LogP contribution < -0.4 is 4.74 Å². The van der Waals surface area contributed by atoms with Crippen LogP contribution in [0.1, 0.15) is 5.69 Å². The van der Waals surface area contributed by atoms with Gasteiger partial charge in [0.2, 0.25) is 0 Å². The van der Waals surface area contributed by atoms with Crippen molar-refractivity contribution in [3.05, 3.63) is 28.9 Å². The molecule has 0 bridgehead atoms. The number of hydrogen-bond acceptors (Lipinski definition) is 1. The fraction of sp³-hybridized carbons (Fsp3) is 0.200. The highest BCUT2D eigenvalue weighted by molar-refractivity contribution is 6.36. The molecule has 0 amide bonds. The Morgan fingerprint density at radius 2 is 2.15 bits per heavy atom. The van der Waals surface area contributed by atoms with Crippen LogP contribution in [0.5, 0.6) is 5.75 Å². The lowest BCUT2D eigenvalue weighted by Gasteiger charge is -1.97. The molecule has 2 nitrogen and oxygen atoms in total. The van der Waals surface area contributed by atoms with Gasteiger partial charge in [0.15, 0.2) is 0 Å². The minimum atomic E-state index is 0.789. The lowest BCUT2D eigenvalue weighted by Crippen LogP contribution is -1.80. The molecule has 1 aromatic carbocycles. The first-order valence-electron chi connectivity index (χ1n) is 4.04. The Bertz CT molecular complexity index is 447. The molecular weight excluding hydrogens is 186 g/mol. The van der Waals surface area contributed by atoms with Gasteiger partial charge in [0.25, 0.3) is 0 Å². The van der Waals surface area contributed by atoms with Crippen molar-refractivity contribution in [3.63, 3.8) is 0 Å². The molecule has 0 atom stereocenters. The van der Waals surface area contributed by atoms with Gasteiger partial charge in [-0.1, -0.05) is 11.6 Å². The number of rotatable bonds is 1. The third-order valence-electron chi connectivity index (χ3n) is 2.11. The zero-order valence-electron chi connectivity index (χ0n) is 7.52. The van der Waals surface area contributed by atoms with Gasteiger partial charge in [0.05, 0.1) is 17.6 Å². The maximum Gasteiger partial charge on any atom is 0.120 e. The summed E-state index contributed by atoms with van der Waals surface area (Å²) in [5.41, 5.74) is 2.01. The molecule has 1 heterocycles. The van der Waals surface area contributed by atoms with E-state index in [4.69, 9.17) is 16.3 Å². The largest absolute Gasteiger partial charge is 0.497 e. The monoisotopic (exact) mass is 195 g/mol. The first kappa shape index (κ1) is 8.45. The molecule has 0 radical (unpaired) electrons. The third-order valence-corrected chi connectivity index (χ3v) is 2.60. The van der Waals surface area contributed by atoms with Crippen molar-refractivity contribution in [3.8, 4) is 5.75 Å². The summed E-state index contributed by atoms with van der Waals surface area (Å²) in [5, 5.41) is 1.83. The molecule has 3 heteroatoms. The zero-order chi connectivity index (χ0) is 9.42. The number of ether oxygens (including phenoxy) is 1. The summed E-state index contributed by atoms with van der Waals surface area (Å²) in [5.74, 6) is 0.838. The van der Waals surface area contributed by atoms with Crippen LogP contribution in [0.2, 0.25) is 5.02 Å². The third kappa shape index (κ3) is 1.27. The van der Waals surface area contributed by atoms with Gasteiger partial charge in [-0.2, -0.15) is 0 Å². The van der Waals surface area contributed by atoms with Crippen LogP contribution in [-0.2, 0) is 0 Å². The van der Waals surface area contributed by atoms with Crippen molar-refractivity contribution in [2.75, 3.05) is 7.11 Å². The number of aryl methyl sites for hydroxylation is 1. The van der Waals surface area contributed by atoms with E-state index in [1.807, 2.05) is 25.1 Å². The number of aromatic nitrogens is 1. The van der Waals surface area contributed by atoms with Gasteiger partial charge in [-0.15, -0.1) is 0 Å². The molecule has 0 fully saturated rings. The van der Waals surface area contributed by atoms with Crippen LogP contribution in [0.15, 0.2) is 18.2 Å². The number of H-pyrrole nitrogens is 1. The van der Waals surface area contributed by atoms with Crippen molar-refractivity contribution < 1.29 is 4.74 Å². The summed E-state index contributed by atoms with van der Waals surface area (Å²) >= 11 is 6.07. The standard InChI is InChI=1S/C10H10ClNO/c1-6-10(11)8-4-3-7(13-2)5-9(8)12-6/h3-5,12H,1-2H3. The Hall–Kier alpha value is -1.15. The molecule has 0 saturated carbocycles. The summed E-state index contributed by atoms with van der Waals surface area (Å²) in [6.07, 6.45) is 0. The average Bonchev–Trinajstić information content (AvgIpc) is 2.42. The predicted molar refractivity (Wildman–Crippen MR) is 54.6 cm³/mol. The SMILES string of the molecule is COc1ccc2c(Cl)c(C)[nH]c2c1. The highest BCUT2D eigenvalue weighted by Crippen LogP contribution is 2.29. The number of fused-ring (bicyclic) bond motifs is 1. The number of methoxy groups -OCH3 is 1. The molecule has 1 aromatic heterocycles. The number of aromatic amines is 1. The molecule has 1 N–H and O–H groups in total. The van der Waals surface area contributed by atoms with Crippen LogP contribution >= 0.6 is 11.6 Å². The number of nitrogens with one attached hydrogen (secondary N) is 1. The highest BCUT2D eigenvalue weighted by Gasteiger charge is 2.05. The molecule has 0 saturated heterocycles. The van der Waals surface area contributed by atoms with Gasteiger partial charge >= 0.3 is 0 Å². The molecule has 68 valence electrons. The van der Waals surface area contributed by atoms with E-state index in [2.05, 4.69) is 4.98 Å². The quantitative estimate of drug-likeness (QED) is 0.743. The predicted octanol–water partition coefficient (Wildman–Crippen LogP) is 3.14. The van der Waals surface area contributed by atoms with Gasteiger partial charge in [0, 0.05) is 17.1 Å². The van der Waals surface area contributed by atoms with Gasteiger partial charge in [-0.25, -0.2) is 0 Å². The Kier molecular flexibility index (Phi) is 1.93. The second-order valence-electron chi connectivity index (χ2n) is 2.98. The molecule has 0 aliphatic heterocycles. The van der Waals surface area contributed by atoms with Gasteiger partial charge in [-0.3, -0.25) is 0 Å². The average molecular weight is 196 g/mol. The Morgan fingerprint density at radius 1 is 1.38 bits per heavy atom. The lowest BCUT2D eigenvalue weighted by atomic mass is 10.2. The number of hydrogen-bond donors (Lipinski definition) is 1. The second-order valence-corrected chi connectivity index (χ2v) is 3.35. The van der Waals surface area contributed by atoms with Crippen molar-refractivity contribution in [1.29, 1.82) is 0 Å². The Labute approximate surface area is 81.5 Å². The van der Waals surface area contributed by atoms with E-state index in [-0.39, 0.29) is 0 Å². The maximum absolute atomic E-state index is 6.07. The van der Waals surface area contributed by atoms with Crippen LogP contribution in [0.25, 0.3) is 10.9 Å². The molecule has 0 aliphatic rings. The summed E-state index contributed by atoms with van der Waals surface area (Å²) in [7, 11) is 1.65. The zero-order valence-corrected chi connectivity index (χ0v) is 8.27. The summed E-state index contributed by atoms with van der Waals surface area (Å²) < 4.78 is 5.11. The molecule has 2 aromatic rings. The second kappa shape index (κ2) is 2.96. The van der Waals surface area contributed by atoms with Crippen molar-refractivity contribution >= 4 is 22.5 Å². The molecule has 13 heavy (non-hydrogen) atoms. The smallest absolute Gasteiger partial charge is 0.120 e. The van der Waals surface area contributed by atoms with Crippen molar-refractivity contribution in [2.45, 2.75) is 6.92 Å². The van der Waals surface area contributed by atoms with Crippen molar-refractivity contribution in [2.24, 2.45) is 0 Å². The highest BCUT2D eigenvalue weighted by atomic mass is 35.5. The lowest BCUT2D eigenvalue weighted by molar-refractivity contribution is 0.415. The van der Waals surface area contributed by atoms with E-state index in [9.17, 15) is 0 Å². The van der Waals surface area contributed by atoms with Crippen LogP contribution in [0.4, 0.5) is 0 Å².